The number of fused-ring (bicyclic) bond motifs is 1. The van der Waals surface area contributed by atoms with Crippen LogP contribution in [-0.4, -0.2) is 38.0 Å². The van der Waals surface area contributed by atoms with Crippen molar-refractivity contribution >= 4 is 22.6 Å². The SMILES string of the molecule is CC(Nc1ncnc2ccccc12)C(=O)NCCCCn1ccnc1. The fourth-order valence-corrected chi connectivity index (χ4v) is 2.59. The zero-order valence-corrected chi connectivity index (χ0v) is 14.2. The van der Waals surface area contributed by atoms with Crippen LogP contribution >= 0.6 is 0 Å². The van der Waals surface area contributed by atoms with E-state index < -0.39 is 0 Å². The zero-order chi connectivity index (χ0) is 17.5. The number of amides is 1. The molecule has 0 bridgehead atoms. The summed E-state index contributed by atoms with van der Waals surface area (Å²) < 4.78 is 2.03. The third kappa shape index (κ3) is 4.53. The van der Waals surface area contributed by atoms with Crippen LogP contribution < -0.4 is 10.6 Å². The first-order valence-electron chi connectivity index (χ1n) is 8.44. The number of nitrogens with one attached hydrogen (secondary N) is 2. The number of nitrogens with zero attached hydrogens (tertiary/aromatic N) is 4. The molecule has 1 amide bonds. The molecule has 0 fully saturated rings. The van der Waals surface area contributed by atoms with E-state index in [1.807, 2.05) is 42.0 Å². The minimum Gasteiger partial charge on any atom is -0.358 e. The van der Waals surface area contributed by atoms with Gasteiger partial charge in [0.05, 0.1) is 11.8 Å². The van der Waals surface area contributed by atoms with Crippen molar-refractivity contribution in [1.82, 2.24) is 24.8 Å². The molecule has 0 saturated heterocycles. The van der Waals surface area contributed by atoms with E-state index in [0.29, 0.717) is 12.4 Å². The lowest BCUT2D eigenvalue weighted by atomic mass is 10.2. The maximum absolute atomic E-state index is 12.2. The molecule has 2 N–H and O–H groups in total. The van der Waals surface area contributed by atoms with Crippen molar-refractivity contribution in [2.45, 2.75) is 32.4 Å². The first kappa shape index (κ1) is 16.9. The lowest BCUT2D eigenvalue weighted by molar-refractivity contribution is -0.121. The van der Waals surface area contributed by atoms with Crippen molar-refractivity contribution in [3.63, 3.8) is 0 Å². The molecule has 1 atom stereocenters. The maximum atomic E-state index is 12.2. The molecule has 2 heterocycles. The molecule has 7 nitrogen and oxygen atoms in total. The van der Waals surface area contributed by atoms with Gasteiger partial charge in [0.2, 0.25) is 5.91 Å². The fourth-order valence-electron chi connectivity index (χ4n) is 2.59. The lowest BCUT2D eigenvalue weighted by Gasteiger charge is -2.15. The Kier molecular flexibility index (Phi) is 5.56. The topological polar surface area (TPSA) is 84.7 Å². The van der Waals surface area contributed by atoms with Gasteiger partial charge in [0.1, 0.15) is 18.2 Å². The fraction of sp³-hybridized carbons (Fsp3) is 0.333. The summed E-state index contributed by atoms with van der Waals surface area (Å²) in [6.45, 7) is 3.40. The Morgan fingerprint density at radius 1 is 1.24 bits per heavy atom. The van der Waals surface area contributed by atoms with Gasteiger partial charge in [0, 0.05) is 30.9 Å². The molecule has 1 aromatic carbocycles. The Morgan fingerprint density at radius 2 is 2.12 bits per heavy atom. The number of aryl methyl sites for hydroxylation is 1. The summed E-state index contributed by atoms with van der Waals surface area (Å²) in [6.07, 6.45) is 8.94. The van der Waals surface area contributed by atoms with Gasteiger partial charge in [-0.1, -0.05) is 12.1 Å². The molecule has 3 rings (SSSR count). The quantitative estimate of drug-likeness (QED) is 0.615. The van der Waals surface area contributed by atoms with Gasteiger partial charge in [-0.3, -0.25) is 4.79 Å². The summed E-state index contributed by atoms with van der Waals surface area (Å²) in [5, 5.41) is 7.04. The van der Waals surface area contributed by atoms with Crippen LogP contribution in [0.25, 0.3) is 10.9 Å². The Labute approximate surface area is 146 Å². The molecule has 1 unspecified atom stereocenters. The minimum atomic E-state index is -0.369. The predicted octanol–water partition coefficient (Wildman–Crippen LogP) is 2.22. The van der Waals surface area contributed by atoms with Gasteiger partial charge in [0.25, 0.3) is 0 Å². The molecule has 3 aromatic rings. The summed E-state index contributed by atoms with van der Waals surface area (Å²) in [6, 6.07) is 7.36. The number of hydrogen-bond donors (Lipinski definition) is 2. The number of unbranched alkanes of at least 4 members (excludes halogenated alkanes) is 1. The Hall–Kier alpha value is -2.96. The number of imidazole rings is 1. The largest absolute Gasteiger partial charge is 0.358 e. The highest BCUT2D eigenvalue weighted by atomic mass is 16.2. The Morgan fingerprint density at radius 3 is 2.96 bits per heavy atom. The van der Waals surface area contributed by atoms with E-state index in [2.05, 4.69) is 25.6 Å². The molecule has 7 heteroatoms. The van der Waals surface area contributed by atoms with Crippen LogP contribution in [0.15, 0.2) is 49.3 Å². The van der Waals surface area contributed by atoms with Crippen LogP contribution in [0.5, 0.6) is 0 Å². The van der Waals surface area contributed by atoms with Crippen molar-refractivity contribution in [1.29, 1.82) is 0 Å². The summed E-state index contributed by atoms with van der Waals surface area (Å²) >= 11 is 0. The van der Waals surface area contributed by atoms with E-state index in [-0.39, 0.29) is 11.9 Å². The lowest BCUT2D eigenvalue weighted by Crippen LogP contribution is -2.38. The highest BCUT2D eigenvalue weighted by molar-refractivity contribution is 5.91. The van der Waals surface area contributed by atoms with Gasteiger partial charge in [-0.05, 0) is 31.9 Å². The second-order valence-corrected chi connectivity index (χ2v) is 5.90. The second-order valence-electron chi connectivity index (χ2n) is 5.90. The highest BCUT2D eigenvalue weighted by Gasteiger charge is 2.14. The first-order chi connectivity index (χ1) is 12.2. The normalized spacial score (nSPS) is 12.0. The molecule has 0 aliphatic rings. The highest BCUT2D eigenvalue weighted by Crippen LogP contribution is 2.18. The van der Waals surface area contributed by atoms with E-state index in [1.54, 1.807) is 12.5 Å². The third-order valence-corrected chi connectivity index (χ3v) is 3.99. The van der Waals surface area contributed by atoms with Crippen molar-refractivity contribution < 1.29 is 4.79 Å². The van der Waals surface area contributed by atoms with Crippen LogP contribution in [0.4, 0.5) is 5.82 Å². The molecule has 2 aromatic heterocycles. The first-order valence-corrected chi connectivity index (χ1v) is 8.44. The maximum Gasteiger partial charge on any atom is 0.242 e. The standard InChI is InChI=1S/C18H22N6O/c1-14(18(25)20-8-4-5-10-24-11-9-19-13-24)23-17-15-6-2-3-7-16(15)21-12-22-17/h2-3,6-7,9,11-14H,4-5,8,10H2,1H3,(H,20,25)(H,21,22,23). The minimum absolute atomic E-state index is 0.0367. The molecule has 0 aliphatic carbocycles. The number of carbonyl (C=O) groups excluding carboxylic acids is 1. The van der Waals surface area contributed by atoms with Crippen LogP contribution in [-0.2, 0) is 11.3 Å². The molecule has 130 valence electrons. The number of anilines is 1. The van der Waals surface area contributed by atoms with Gasteiger partial charge in [0.15, 0.2) is 0 Å². The number of para-hydroxylation sites is 1. The van der Waals surface area contributed by atoms with Gasteiger partial charge < -0.3 is 15.2 Å². The average Bonchev–Trinajstić information content (AvgIpc) is 3.15. The summed E-state index contributed by atoms with van der Waals surface area (Å²) in [4.78, 5) is 24.7. The molecular weight excluding hydrogens is 316 g/mol. The average molecular weight is 338 g/mol. The van der Waals surface area contributed by atoms with Gasteiger partial charge in [-0.2, -0.15) is 0 Å². The van der Waals surface area contributed by atoms with Crippen molar-refractivity contribution in [3.05, 3.63) is 49.3 Å². The number of aromatic nitrogens is 4. The van der Waals surface area contributed by atoms with Crippen molar-refractivity contribution in [3.8, 4) is 0 Å². The Bertz CT molecular complexity index is 812. The van der Waals surface area contributed by atoms with Gasteiger partial charge in [-0.15, -0.1) is 0 Å². The van der Waals surface area contributed by atoms with Crippen molar-refractivity contribution in [2.75, 3.05) is 11.9 Å². The number of rotatable bonds is 8. The van der Waals surface area contributed by atoms with E-state index >= 15 is 0 Å². The number of hydrogen-bond acceptors (Lipinski definition) is 5. The number of benzene rings is 1. The van der Waals surface area contributed by atoms with Crippen LogP contribution in [0, 0.1) is 0 Å². The smallest absolute Gasteiger partial charge is 0.242 e. The molecule has 25 heavy (non-hydrogen) atoms. The summed E-state index contributed by atoms with van der Waals surface area (Å²) in [5.74, 6) is 0.638. The van der Waals surface area contributed by atoms with E-state index in [0.717, 1.165) is 30.3 Å². The van der Waals surface area contributed by atoms with Crippen LogP contribution in [0.3, 0.4) is 0 Å². The monoisotopic (exact) mass is 338 g/mol. The number of carbonyl (C=O) groups is 1. The predicted molar refractivity (Wildman–Crippen MR) is 97.1 cm³/mol. The Balaban J connectivity index is 1.45. The second kappa shape index (κ2) is 8.23. The van der Waals surface area contributed by atoms with Crippen LogP contribution in [0.1, 0.15) is 19.8 Å². The van der Waals surface area contributed by atoms with E-state index in [1.165, 1.54) is 6.33 Å². The molecular formula is C18H22N6O. The molecule has 0 saturated carbocycles. The third-order valence-electron chi connectivity index (χ3n) is 3.99. The zero-order valence-electron chi connectivity index (χ0n) is 14.2. The van der Waals surface area contributed by atoms with Gasteiger partial charge in [-0.25, -0.2) is 15.0 Å². The molecule has 0 aliphatic heterocycles. The van der Waals surface area contributed by atoms with Crippen LogP contribution in [0.2, 0.25) is 0 Å². The summed E-state index contributed by atoms with van der Waals surface area (Å²) in [5.41, 5.74) is 0.854. The van der Waals surface area contributed by atoms with Crippen molar-refractivity contribution in [2.24, 2.45) is 0 Å². The van der Waals surface area contributed by atoms with E-state index in [9.17, 15) is 4.79 Å². The van der Waals surface area contributed by atoms with Gasteiger partial charge >= 0.3 is 0 Å². The molecule has 0 spiro atoms. The summed E-state index contributed by atoms with van der Waals surface area (Å²) in [7, 11) is 0. The van der Waals surface area contributed by atoms with E-state index in [4.69, 9.17) is 0 Å². The molecule has 0 radical (unpaired) electrons.